The lowest BCUT2D eigenvalue weighted by molar-refractivity contribution is -0.402. The fourth-order valence-corrected chi connectivity index (χ4v) is 1.54. The molecule has 0 heterocycles. The Morgan fingerprint density at radius 2 is 1.67 bits per heavy atom. The van der Waals surface area contributed by atoms with Crippen LogP contribution in [0.5, 0.6) is 11.5 Å². The molecule has 0 saturated heterocycles. The van der Waals surface area contributed by atoms with Gasteiger partial charge in [0.15, 0.2) is 17.5 Å². The van der Waals surface area contributed by atoms with Gasteiger partial charge in [-0.1, -0.05) is 6.07 Å². The topological polar surface area (TPSA) is 123 Å². The van der Waals surface area contributed by atoms with Gasteiger partial charge in [-0.15, -0.1) is 0 Å². The number of primary amides is 1. The van der Waals surface area contributed by atoms with Crippen molar-refractivity contribution in [3.8, 4) is 11.5 Å². The molecule has 0 aromatic heterocycles. The van der Waals surface area contributed by atoms with Crippen LogP contribution < -0.4 is 33.3 Å². The molecular formula is C13H17ClN2O5. The Kier molecular flexibility index (Phi) is 7.40. The molecule has 1 amide bonds. The number of nitrogens with two attached hydrogens (primary N) is 1. The minimum absolute atomic E-state index is 0. The smallest absolute Gasteiger partial charge is 0.308 e. The van der Waals surface area contributed by atoms with E-state index in [1.807, 2.05) is 0 Å². The Morgan fingerprint density at radius 3 is 2.14 bits per heavy atom. The van der Waals surface area contributed by atoms with Crippen molar-refractivity contribution in [1.82, 2.24) is 0 Å². The predicted octanol–water partition coefficient (Wildman–Crippen LogP) is -3.82. The maximum Gasteiger partial charge on any atom is 0.308 e. The SMILES string of the molecule is CC(=O)Oc1ccc(C[C@H]([NH3+])C(N)=O)cc1OC(C)=O.[Cl-]. The van der Waals surface area contributed by atoms with Crippen molar-refractivity contribution < 1.29 is 42.0 Å². The van der Waals surface area contributed by atoms with Crippen LogP contribution in [0, 0.1) is 0 Å². The van der Waals surface area contributed by atoms with Gasteiger partial charge in [0, 0.05) is 20.3 Å². The number of carbonyl (C=O) groups excluding carboxylic acids is 3. The molecule has 0 unspecified atom stereocenters. The molecule has 0 bridgehead atoms. The molecule has 0 spiro atoms. The molecule has 1 atom stereocenters. The summed E-state index contributed by atoms with van der Waals surface area (Å²) in [6, 6.07) is 4.05. The average Bonchev–Trinajstić information content (AvgIpc) is 2.31. The van der Waals surface area contributed by atoms with E-state index in [2.05, 4.69) is 5.73 Å². The van der Waals surface area contributed by atoms with E-state index in [1.165, 1.54) is 26.0 Å². The zero-order chi connectivity index (χ0) is 15.3. The second-order valence-corrected chi connectivity index (χ2v) is 4.27. The van der Waals surface area contributed by atoms with Gasteiger partial charge in [0.1, 0.15) is 0 Å². The molecular weight excluding hydrogens is 300 g/mol. The van der Waals surface area contributed by atoms with Crippen LogP contribution in [-0.2, 0) is 20.8 Å². The molecule has 1 rings (SSSR count). The summed E-state index contributed by atoms with van der Waals surface area (Å²) < 4.78 is 9.91. The second-order valence-electron chi connectivity index (χ2n) is 4.27. The zero-order valence-electron chi connectivity index (χ0n) is 11.7. The van der Waals surface area contributed by atoms with Crippen LogP contribution in [0.15, 0.2) is 18.2 Å². The van der Waals surface area contributed by atoms with Gasteiger partial charge in [0.05, 0.1) is 0 Å². The molecule has 0 aliphatic heterocycles. The van der Waals surface area contributed by atoms with Gasteiger partial charge in [-0.25, -0.2) is 0 Å². The summed E-state index contributed by atoms with van der Waals surface area (Å²) in [7, 11) is 0. The Bertz CT molecular complexity index is 547. The number of esters is 2. The van der Waals surface area contributed by atoms with Gasteiger partial charge in [-0.3, -0.25) is 14.4 Å². The third-order valence-electron chi connectivity index (χ3n) is 2.40. The summed E-state index contributed by atoms with van der Waals surface area (Å²) in [6.07, 6.45) is 0.296. The molecule has 0 aliphatic rings. The second kappa shape index (κ2) is 8.23. The highest BCUT2D eigenvalue weighted by atomic mass is 35.5. The summed E-state index contributed by atoms with van der Waals surface area (Å²) in [5.74, 6) is -1.35. The van der Waals surface area contributed by atoms with Crippen molar-refractivity contribution >= 4 is 17.8 Å². The molecule has 5 N–H and O–H groups in total. The van der Waals surface area contributed by atoms with E-state index in [-0.39, 0.29) is 23.9 Å². The van der Waals surface area contributed by atoms with Crippen molar-refractivity contribution in [2.24, 2.45) is 5.73 Å². The largest absolute Gasteiger partial charge is 1.00 e. The molecule has 8 heteroatoms. The maximum absolute atomic E-state index is 11.0. The number of rotatable bonds is 5. The van der Waals surface area contributed by atoms with Crippen molar-refractivity contribution in [2.45, 2.75) is 26.3 Å². The summed E-state index contributed by atoms with van der Waals surface area (Å²) in [5, 5.41) is 0. The minimum Gasteiger partial charge on any atom is -1.00 e. The quantitative estimate of drug-likeness (QED) is 0.425. The standard InChI is InChI=1S/C13H16N2O5.ClH/c1-7(16)19-11-4-3-9(5-10(14)13(15)18)6-12(11)20-8(2)17;/h3-4,6,10H,5,14H2,1-2H3,(H2,15,18);1H/t10-;/m0./s1. The molecule has 0 fully saturated rings. The Balaban J connectivity index is 0.00000400. The van der Waals surface area contributed by atoms with Gasteiger partial charge in [0.2, 0.25) is 0 Å². The van der Waals surface area contributed by atoms with Gasteiger partial charge >= 0.3 is 11.9 Å². The summed E-state index contributed by atoms with van der Waals surface area (Å²) in [5.41, 5.74) is 9.46. The Hall–Kier alpha value is -2.12. The lowest BCUT2D eigenvalue weighted by atomic mass is 10.1. The number of ether oxygens (including phenoxy) is 2. The van der Waals surface area contributed by atoms with Gasteiger partial charge < -0.3 is 33.3 Å². The molecule has 7 nitrogen and oxygen atoms in total. The molecule has 116 valence electrons. The van der Waals surface area contributed by atoms with E-state index in [1.54, 1.807) is 6.07 Å². The number of amides is 1. The minimum atomic E-state index is -0.597. The first-order valence-corrected chi connectivity index (χ1v) is 5.91. The van der Waals surface area contributed by atoms with E-state index in [4.69, 9.17) is 15.2 Å². The van der Waals surface area contributed by atoms with Crippen LogP contribution in [0.1, 0.15) is 19.4 Å². The molecule has 0 aliphatic carbocycles. The molecule has 21 heavy (non-hydrogen) atoms. The first-order valence-electron chi connectivity index (χ1n) is 5.91. The lowest BCUT2D eigenvalue weighted by Gasteiger charge is -2.11. The molecule has 0 radical (unpaired) electrons. The van der Waals surface area contributed by atoms with E-state index in [0.29, 0.717) is 12.0 Å². The predicted molar refractivity (Wildman–Crippen MR) is 68.6 cm³/mol. The maximum atomic E-state index is 11.0. The van der Waals surface area contributed by atoms with Crippen molar-refractivity contribution in [3.05, 3.63) is 23.8 Å². The normalized spacial score (nSPS) is 11.0. The van der Waals surface area contributed by atoms with E-state index < -0.39 is 23.9 Å². The highest BCUT2D eigenvalue weighted by molar-refractivity contribution is 5.78. The van der Waals surface area contributed by atoms with Crippen LogP contribution in [0.3, 0.4) is 0 Å². The van der Waals surface area contributed by atoms with Crippen LogP contribution in [0.2, 0.25) is 0 Å². The van der Waals surface area contributed by atoms with Crippen LogP contribution in [0.4, 0.5) is 0 Å². The highest BCUT2D eigenvalue weighted by Crippen LogP contribution is 2.29. The van der Waals surface area contributed by atoms with Crippen LogP contribution >= 0.6 is 0 Å². The molecule has 0 saturated carbocycles. The third kappa shape index (κ3) is 6.24. The first kappa shape index (κ1) is 18.9. The monoisotopic (exact) mass is 316 g/mol. The number of carbonyl (C=O) groups is 3. The third-order valence-corrected chi connectivity index (χ3v) is 2.40. The van der Waals surface area contributed by atoms with Crippen molar-refractivity contribution in [2.75, 3.05) is 0 Å². The average molecular weight is 317 g/mol. The summed E-state index contributed by atoms with van der Waals surface area (Å²) in [4.78, 5) is 33.0. The Labute approximate surface area is 128 Å². The number of hydrogen-bond acceptors (Lipinski definition) is 5. The molecule has 1 aromatic carbocycles. The van der Waals surface area contributed by atoms with Crippen molar-refractivity contribution in [3.63, 3.8) is 0 Å². The number of benzene rings is 1. The fourth-order valence-electron chi connectivity index (χ4n) is 1.54. The zero-order valence-corrected chi connectivity index (χ0v) is 12.5. The van der Waals surface area contributed by atoms with Crippen molar-refractivity contribution in [1.29, 1.82) is 0 Å². The summed E-state index contributed by atoms with van der Waals surface area (Å²) >= 11 is 0. The lowest BCUT2D eigenvalue weighted by Crippen LogP contribution is -3.00. The highest BCUT2D eigenvalue weighted by Gasteiger charge is 2.17. The molecule has 1 aromatic rings. The number of halogens is 1. The summed E-state index contributed by atoms with van der Waals surface area (Å²) in [6.45, 7) is 2.47. The van der Waals surface area contributed by atoms with E-state index in [0.717, 1.165) is 0 Å². The van der Waals surface area contributed by atoms with Gasteiger partial charge in [-0.2, -0.15) is 0 Å². The Morgan fingerprint density at radius 1 is 1.14 bits per heavy atom. The van der Waals surface area contributed by atoms with Crippen LogP contribution in [-0.4, -0.2) is 23.9 Å². The van der Waals surface area contributed by atoms with E-state index in [9.17, 15) is 14.4 Å². The van der Waals surface area contributed by atoms with Gasteiger partial charge in [0.25, 0.3) is 5.91 Å². The first-order chi connectivity index (χ1) is 9.29. The van der Waals surface area contributed by atoms with Crippen LogP contribution in [0.25, 0.3) is 0 Å². The van der Waals surface area contributed by atoms with Gasteiger partial charge in [-0.05, 0) is 17.7 Å². The van der Waals surface area contributed by atoms with E-state index >= 15 is 0 Å². The number of quaternary nitrogens is 1. The number of hydrogen-bond donors (Lipinski definition) is 2. The fraction of sp³-hybridized carbons (Fsp3) is 0.308.